The normalized spacial score (nSPS) is 14.0. The van der Waals surface area contributed by atoms with Crippen LogP contribution < -0.4 is 16.4 Å². The van der Waals surface area contributed by atoms with E-state index in [0.29, 0.717) is 24.3 Å². The van der Waals surface area contributed by atoms with Gasteiger partial charge in [-0.25, -0.2) is 0 Å². The van der Waals surface area contributed by atoms with Crippen molar-refractivity contribution >= 4 is 38.9 Å². The zero-order valence-electron chi connectivity index (χ0n) is 21.6. The third-order valence-electron chi connectivity index (χ3n) is 5.83. The summed E-state index contributed by atoms with van der Waals surface area (Å²) in [7, 11) is -11.7. The van der Waals surface area contributed by atoms with E-state index in [1.807, 2.05) is 0 Å². The van der Waals surface area contributed by atoms with Crippen LogP contribution in [0.25, 0.3) is 0 Å². The van der Waals surface area contributed by atoms with E-state index in [4.69, 9.17) is 30.4 Å². The quantitative estimate of drug-likeness (QED) is 0.104. The number of nitrogens with two attached hydrogens (primary N) is 1. The van der Waals surface area contributed by atoms with Crippen molar-refractivity contribution < 1.29 is 70.6 Å². The van der Waals surface area contributed by atoms with Crippen LogP contribution in [0, 0.1) is 0 Å². The number of carbonyl (C=O) groups is 4. The van der Waals surface area contributed by atoms with Gasteiger partial charge in [-0.1, -0.05) is 48.5 Å². The number of nitrogens with one attached hydrogen (secondary N) is 2. The fourth-order valence-corrected chi connectivity index (χ4v) is 4.52. The van der Waals surface area contributed by atoms with Crippen molar-refractivity contribution in [2.45, 2.75) is 42.7 Å². The van der Waals surface area contributed by atoms with Crippen LogP contribution in [-0.2, 0) is 52.5 Å². The van der Waals surface area contributed by atoms with E-state index in [1.54, 1.807) is 0 Å². The lowest BCUT2D eigenvalue weighted by Gasteiger charge is -2.22. The summed E-state index contributed by atoms with van der Waals surface area (Å²) in [5.41, 5.74) is -5.63. The van der Waals surface area contributed by atoms with E-state index in [9.17, 15) is 45.9 Å². The van der Waals surface area contributed by atoms with Gasteiger partial charge in [0.2, 0.25) is 17.7 Å². The average molecular weight is 657 g/mol. The zero-order valence-corrected chi connectivity index (χ0v) is 23.4. The van der Waals surface area contributed by atoms with Gasteiger partial charge in [0.25, 0.3) is 0 Å². The molecule has 14 nitrogen and oxygen atoms in total. The number of rotatable bonds is 14. The van der Waals surface area contributed by atoms with E-state index < -0.39 is 92.7 Å². The number of aliphatic carboxylic acids is 1. The summed E-state index contributed by atoms with van der Waals surface area (Å²) < 4.78 is 77.4. The highest BCUT2D eigenvalue weighted by Gasteiger charge is 2.51. The third-order valence-corrected chi connectivity index (χ3v) is 7.81. The molecule has 9 N–H and O–H groups in total. The molecular weight excluding hydrogens is 632 g/mol. The molecule has 2 aromatic rings. The minimum atomic E-state index is -5.85. The van der Waals surface area contributed by atoms with Crippen molar-refractivity contribution in [1.29, 1.82) is 0 Å². The molecule has 0 fully saturated rings. The molecule has 0 heterocycles. The summed E-state index contributed by atoms with van der Waals surface area (Å²) in [6.07, 6.45) is -2.00. The molecule has 0 aliphatic rings. The first-order valence-electron chi connectivity index (χ1n) is 11.7. The second kappa shape index (κ2) is 13.3. The van der Waals surface area contributed by atoms with Crippen molar-refractivity contribution in [3.63, 3.8) is 0 Å². The molecule has 0 aliphatic carbocycles. The Labute approximate surface area is 239 Å². The Kier molecular flexibility index (Phi) is 11.0. The van der Waals surface area contributed by atoms with Gasteiger partial charge in [-0.15, -0.1) is 0 Å². The number of hydrogen-bond donors (Lipinski definition) is 8. The van der Waals surface area contributed by atoms with Crippen LogP contribution in [0.15, 0.2) is 48.5 Å². The molecule has 0 saturated heterocycles. The Hall–Kier alpha value is -3.66. The maximum Gasteiger partial charge on any atom is 0.399 e. The van der Waals surface area contributed by atoms with Gasteiger partial charge in [-0.2, -0.15) is 17.6 Å². The van der Waals surface area contributed by atoms with Crippen molar-refractivity contribution in [2.24, 2.45) is 5.73 Å². The van der Waals surface area contributed by atoms with Crippen LogP contribution in [0.3, 0.4) is 0 Å². The van der Waals surface area contributed by atoms with Gasteiger partial charge in [0.1, 0.15) is 12.1 Å². The molecule has 0 aromatic heterocycles. The van der Waals surface area contributed by atoms with Gasteiger partial charge < -0.3 is 41.0 Å². The standard InChI is InChI=1S/C23H25F4N3O11P2/c24-22(25,42(36,37)38)14-5-1-12(2-6-14)9-16(20(28)34)30-21(35)17(11-19(32)33)29-18(31)10-13-3-7-15(8-4-13)23(26,27)43(39,40)41/h1-8,16-17H,9-11H2,(H2,28,34)(H,29,31)(H,30,35)(H,32,33)(H2,36,37,38)(H2,39,40,41)/t16-,17-/m0/s1. The predicted molar refractivity (Wildman–Crippen MR) is 137 cm³/mol. The lowest BCUT2D eigenvalue weighted by molar-refractivity contribution is -0.140. The Morgan fingerprint density at radius 2 is 1.16 bits per heavy atom. The highest BCUT2D eigenvalue weighted by molar-refractivity contribution is 7.52. The molecule has 3 amide bonds. The number of primary amides is 1. The van der Waals surface area contributed by atoms with Gasteiger partial charge in [-0.05, 0) is 11.1 Å². The lowest BCUT2D eigenvalue weighted by atomic mass is 10.0. The number of alkyl halides is 4. The number of hydrogen-bond acceptors (Lipinski definition) is 6. The van der Waals surface area contributed by atoms with E-state index in [0.717, 1.165) is 24.3 Å². The van der Waals surface area contributed by atoms with Crippen molar-refractivity contribution in [3.8, 4) is 0 Å². The highest BCUT2D eigenvalue weighted by atomic mass is 31.2. The van der Waals surface area contributed by atoms with Crippen LogP contribution in [0.5, 0.6) is 0 Å². The molecule has 0 saturated carbocycles. The molecule has 0 spiro atoms. The Bertz CT molecular complexity index is 1460. The van der Waals surface area contributed by atoms with Gasteiger partial charge in [0, 0.05) is 17.5 Å². The van der Waals surface area contributed by atoms with Crippen LogP contribution >= 0.6 is 15.2 Å². The molecular formula is C23H25F4N3O11P2. The zero-order chi connectivity index (χ0) is 33.0. The largest absolute Gasteiger partial charge is 0.481 e. The van der Waals surface area contributed by atoms with E-state index in [-0.39, 0.29) is 11.1 Å². The molecule has 2 atom stereocenters. The molecule has 0 bridgehead atoms. The topological polar surface area (TPSA) is 254 Å². The minimum absolute atomic E-state index is 0.0417. The molecule has 2 rings (SSSR count). The Balaban J connectivity index is 2.14. The second-order valence-corrected chi connectivity index (χ2v) is 12.4. The van der Waals surface area contributed by atoms with Gasteiger partial charge >= 0.3 is 32.5 Å². The van der Waals surface area contributed by atoms with Crippen LogP contribution in [0.1, 0.15) is 28.7 Å². The number of halogens is 4. The first-order valence-corrected chi connectivity index (χ1v) is 14.9. The van der Waals surface area contributed by atoms with E-state index in [1.165, 1.54) is 0 Å². The number of amides is 3. The van der Waals surface area contributed by atoms with Crippen LogP contribution in [-0.4, -0.2) is 60.5 Å². The number of carboxylic acids is 1. The first-order chi connectivity index (χ1) is 19.6. The predicted octanol–water partition coefficient (Wildman–Crippen LogP) is 0.855. The average Bonchev–Trinajstić information content (AvgIpc) is 2.86. The summed E-state index contributed by atoms with van der Waals surface area (Å²) in [5.74, 6) is -4.87. The van der Waals surface area contributed by atoms with Crippen molar-refractivity contribution in [1.82, 2.24) is 10.6 Å². The monoisotopic (exact) mass is 657 g/mol. The molecule has 0 unspecified atom stereocenters. The molecule has 236 valence electrons. The van der Waals surface area contributed by atoms with Crippen molar-refractivity contribution in [2.75, 3.05) is 0 Å². The molecule has 2 aromatic carbocycles. The number of benzene rings is 2. The van der Waals surface area contributed by atoms with Gasteiger partial charge in [0.05, 0.1) is 12.8 Å². The first kappa shape index (κ1) is 35.5. The molecule has 20 heteroatoms. The lowest BCUT2D eigenvalue weighted by Crippen LogP contribution is -2.54. The summed E-state index contributed by atoms with van der Waals surface area (Å²) in [4.78, 5) is 83.8. The molecule has 0 aliphatic heterocycles. The summed E-state index contributed by atoms with van der Waals surface area (Å²) in [6.45, 7) is 0. The molecule has 43 heavy (non-hydrogen) atoms. The van der Waals surface area contributed by atoms with Gasteiger partial charge in [0.15, 0.2) is 0 Å². The number of carbonyl (C=O) groups excluding carboxylic acids is 3. The van der Waals surface area contributed by atoms with Crippen LogP contribution in [0.4, 0.5) is 17.6 Å². The molecule has 0 radical (unpaired) electrons. The van der Waals surface area contributed by atoms with E-state index >= 15 is 0 Å². The SMILES string of the molecule is NC(=O)[C@H](Cc1ccc(C(F)(F)P(=O)(O)O)cc1)NC(=O)[C@H](CC(=O)O)NC(=O)Cc1ccc(C(F)(F)P(=O)(O)O)cc1. The summed E-state index contributed by atoms with van der Waals surface area (Å²) in [6, 6.07) is 3.23. The fourth-order valence-electron chi connectivity index (χ4n) is 3.55. The maximum atomic E-state index is 13.9. The minimum Gasteiger partial charge on any atom is -0.481 e. The van der Waals surface area contributed by atoms with Gasteiger partial charge in [-0.3, -0.25) is 28.3 Å². The van der Waals surface area contributed by atoms with E-state index in [2.05, 4.69) is 10.6 Å². The Morgan fingerprint density at radius 1 is 0.744 bits per heavy atom. The maximum absolute atomic E-state index is 13.9. The number of carboxylic acid groups (broad SMARTS) is 1. The van der Waals surface area contributed by atoms with Crippen molar-refractivity contribution in [3.05, 3.63) is 70.8 Å². The smallest absolute Gasteiger partial charge is 0.399 e. The fraction of sp³-hybridized carbons (Fsp3) is 0.304. The second-order valence-electron chi connectivity index (χ2n) is 9.13. The van der Waals surface area contributed by atoms with Crippen LogP contribution in [0.2, 0.25) is 0 Å². The third kappa shape index (κ3) is 9.16. The highest BCUT2D eigenvalue weighted by Crippen LogP contribution is 2.60. The summed E-state index contributed by atoms with van der Waals surface area (Å²) in [5, 5.41) is 13.4. The summed E-state index contributed by atoms with van der Waals surface area (Å²) >= 11 is 0. The Morgan fingerprint density at radius 3 is 1.53 bits per heavy atom.